The summed E-state index contributed by atoms with van der Waals surface area (Å²) < 4.78 is 0. The summed E-state index contributed by atoms with van der Waals surface area (Å²) in [4.78, 5) is 26.3. The van der Waals surface area contributed by atoms with Crippen LogP contribution >= 0.6 is 0 Å². The molecule has 11 nitrogen and oxygen atoms in total. The van der Waals surface area contributed by atoms with Crippen LogP contribution < -0.4 is 16.8 Å². The second-order valence-electron chi connectivity index (χ2n) is 11.2. The minimum atomic E-state index is -0.847. The van der Waals surface area contributed by atoms with Gasteiger partial charge in [0, 0.05) is 35.5 Å². The molecule has 2 heterocycles. The van der Waals surface area contributed by atoms with Crippen molar-refractivity contribution < 1.29 is 9.59 Å². The van der Waals surface area contributed by atoms with Gasteiger partial charge in [0.15, 0.2) is 5.82 Å². The average molecular weight is 538 g/mol. The Morgan fingerprint density at radius 2 is 1.82 bits per heavy atom. The zero-order valence-electron chi connectivity index (χ0n) is 22.2. The summed E-state index contributed by atoms with van der Waals surface area (Å²) >= 11 is 0. The number of nitrogens with two attached hydrogens (primary N) is 2. The highest BCUT2D eigenvalue weighted by atomic mass is 16.1. The fourth-order valence-corrected chi connectivity index (χ4v) is 6.81. The molecule has 1 aliphatic heterocycles. The van der Waals surface area contributed by atoms with Gasteiger partial charge in [-0.2, -0.15) is 10.5 Å². The SMILES string of the molecule is C=C(CN[C@H](C)CC1(c2nn[nH]n2)c2ccc(C(N)=O)cc2Cc2cc(C(N)=O)ccc21)N1C(C#N)C[C@@H]2C[C@@H]21. The molecule has 40 heavy (non-hydrogen) atoms. The van der Waals surface area contributed by atoms with E-state index in [0.717, 1.165) is 40.8 Å². The van der Waals surface area contributed by atoms with Crippen molar-refractivity contribution in [1.82, 2.24) is 30.8 Å². The van der Waals surface area contributed by atoms with Crippen LogP contribution in [-0.2, 0) is 11.8 Å². The first kappa shape index (κ1) is 25.7. The third-order valence-electron chi connectivity index (χ3n) is 8.69. The van der Waals surface area contributed by atoms with Gasteiger partial charge in [0.25, 0.3) is 0 Å². The van der Waals surface area contributed by atoms with E-state index >= 15 is 0 Å². The van der Waals surface area contributed by atoms with Gasteiger partial charge in [-0.3, -0.25) is 9.59 Å². The van der Waals surface area contributed by atoms with E-state index < -0.39 is 17.2 Å². The van der Waals surface area contributed by atoms with Gasteiger partial charge in [-0.1, -0.05) is 23.9 Å². The molecule has 1 aromatic heterocycles. The van der Waals surface area contributed by atoms with Crippen LogP contribution in [0.2, 0.25) is 0 Å². The lowest BCUT2D eigenvalue weighted by Gasteiger charge is -2.41. The van der Waals surface area contributed by atoms with Crippen LogP contribution in [-0.4, -0.2) is 62.0 Å². The lowest BCUT2D eigenvalue weighted by atomic mass is 9.62. The number of hydrogen-bond acceptors (Lipinski definition) is 8. The van der Waals surface area contributed by atoms with Gasteiger partial charge in [0.1, 0.15) is 6.04 Å². The number of fused-ring (bicyclic) bond motifs is 3. The van der Waals surface area contributed by atoms with Gasteiger partial charge in [-0.15, -0.1) is 10.2 Å². The first-order valence-electron chi connectivity index (χ1n) is 13.4. The van der Waals surface area contributed by atoms with Crippen LogP contribution in [0.3, 0.4) is 0 Å². The number of carbonyl (C=O) groups excluding carboxylic acids is 2. The molecule has 0 radical (unpaired) electrons. The van der Waals surface area contributed by atoms with Crippen LogP contribution in [0.4, 0.5) is 0 Å². The van der Waals surface area contributed by atoms with Crippen molar-refractivity contribution in [1.29, 1.82) is 5.26 Å². The van der Waals surface area contributed by atoms with Gasteiger partial charge in [0.2, 0.25) is 11.8 Å². The summed E-state index contributed by atoms with van der Waals surface area (Å²) in [5.74, 6) is 0.0410. The number of H-pyrrole nitrogens is 1. The van der Waals surface area contributed by atoms with Gasteiger partial charge >= 0.3 is 0 Å². The van der Waals surface area contributed by atoms with Crippen LogP contribution in [0.1, 0.15) is 75.0 Å². The Balaban J connectivity index is 1.38. The van der Waals surface area contributed by atoms with Crippen molar-refractivity contribution in [2.24, 2.45) is 17.4 Å². The monoisotopic (exact) mass is 537 g/mol. The molecule has 6 N–H and O–H groups in total. The number of nitriles is 1. The van der Waals surface area contributed by atoms with Gasteiger partial charge in [-0.25, -0.2) is 0 Å². The zero-order valence-corrected chi connectivity index (χ0v) is 22.2. The van der Waals surface area contributed by atoms with E-state index in [1.54, 1.807) is 24.3 Å². The van der Waals surface area contributed by atoms with E-state index in [-0.39, 0.29) is 12.1 Å². The number of amides is 2. The van der Waals surface area contributed by atoms with E-state index in [4.69, 9.17) is 11.5 Å². The number of nitrogens with one attached hydrogen (secondary N) is 2. The van der Waals surface area contributed by atoms with Crippen molar-refractivity contribution in [2.75, 3.05) is 6.54 Å². The Labute approximate surface area is 231 Å². The minimum Gasteiger partial charge on any atom is -0.366 e. The maximum atomic E-state index is 12.1. The Kier molecular flexibility index (Phi) is 6.15. The van der Waals surface area contributed by atoms with Crippen molar-refractivity contribution >= 4 is 11.8 Å². The molecule has 4 atom stereocenters. The molecule has 11 heteroatoms. The quantitative estimate of drug-likeness (QED) is 0.317. The van der Waals surface area contributed by atoms with Crippen molar-refractivity contribution in [3.63, 3.8) is 0 Å². The fraction of sp³-hybridized carbons (Fsp3) is 0.379. The first-order valence-corrected chi connectivity index (χ1v) is 13.4. The molecule has 0 spiro atoms. The predicted octanol–water partition coefficient (Wildman–Crippen LogP) is 1.50. The molecule has 6 rings (SSSR count). The van der Waals surface area contributed by atoms with Crippen LogP contribution in [0.15, 0.2) is 48.7 Å². The molecule has 3 aliphatic rings. The van der Waals surface area contributed by atoms with Crippen molar-refractivity contribution in [3.05, 3.63) is 87.9 Å². The number of primary amides is 2. The normalized spacial score (nSPS) is 22.4. The van der Waals surface area contributed by atoms with E-state index in [0.29, 0.717) is 48.3 Å². The van der Waals surface area contributed by atoms with Gasteiger partial charge in [-0.05, 0) is 85.0 Å². The number of tetrazole rings is 1. The topological polar surface area (TPSA) is 180 Å². The van der Waals surface area contributed by atoms with E-state index in [9.17, 15) is 14.9 Å². The third-order valence-corrected chi connectivity index (χ3v) is 8.69. The second-order valence-corrected chi connectivity index (χ2v) is 11.2. The maximum absolute atomic E-state index is 12.1. The molecule has 204 valence electrons. The number of likely N-dealkylation sites (tertiary alicyclic amines) is 1. The molecule has 1 saturated heterocycles. The molecule has 0 bridgehead atoms. The number of hydrogen-bond donors (Lipinski definition) is 4. The van der Waals surface area contributed by atoms with E-state index in [1.807, 2.05) is 12.1 Å². The Morgan fingerprint density at radius 3 is 2.38 bits per heavy atom. The molecule has 1 saturated carbocycles. The van der Waals surface area contributed by atoms with E-state index in [2.05, 4.69) is 50.4 Å². The van der Waals surface area contributed by atoms with Crippen molar-refractivity contribution in [3.8, 4) is 6.07 Å². The standard InChI is InChI=1S/C29H31N9O2/c1-15(33-14-16(2)38-22(13-30)10-21-11-25(21)38)12-29(28-34-36-37-35-28)23-5-3-17(26(31)39)7-19(23)9-20-8-18(27(32)40)4-6-24(20)29/h3-8,15,21-22,25,33H,2,9-12,14H2,1H3,(H2,31,39)(H2,32,40)(H,34,35,36,37)/t15-,21-,22?,25+/m1/s1. The second kappa shape index (κ2) is 9.57. The number of piperidine rings is 1. The molecule has 2 aromatic carbocycles. The highest BCUT2D eigenvalue weighted by Crippen LogP contribution is 2.50. The average Bonchev–Trinajstić information content (AvgIpc) is 3.32. The molecule has 2 fully saturated rings. The zero-order chi connectivity index (χ0) is 28.2. The Morgan fingerprint density at radius 1 is 1.18 bits per heavy atom. The van der Waals surface area contributed by atoms with Crippen LogP contribution in [0.5, 0.6) is 0 Å². The highest BCUT2D eigenvalue weighted by Gasteiger charge is 2.52. The fourth-order valence-electron chi connectivity index (χ4n) is 6.81. The largest absolute Gasteiger partial charge is 0.366 e. The number of benzene rings is 2. The predicted molar refractivity (Wildman–Crippen MR) is 146 cm³/mol. The summed E-state index contributed by atoms with van der Waals surface area (Å²) in [6.07, 6.45) is 3.06. The molecule has 2 aliphatic carbocycles. The Hall–Kier alpha value is -4.56. The van der Waals surface area contributed by atoms with Crippen LogP contribution in [0.25, 0.3) is 0 Å². The van der Waals surface area contributed by atoms with Gasteiger partial charge in [0.05, 0.1) is 11.5 Å². The highest BCUT2D eigenvalue weighted by molar-refractivity contribution is 5.94. The van der Waals surface area contributed by atoms with Gasteiger partial charge < -0.3 is 21.7 Å². The molecule has 2 amide bonds. The lowest BCUT2D eigenvalue weighted by molar-refractivity contribution is 0.0992. The minimum absolute atomic E-state index is 0.0566. The Bertz CT molecular complexity index is 1490. The number of nitrogens with zero attached hydrogens (tertiary/aromatic N) is 5. The van der Waals surface area contributed by atoms with E-state index in [1.165, 1.54) is 0 Å². The van der Waals surface area contributed by atoms with Crippen LogP contribution in [0, 0.1) is 17.2 Å². The maximum Gasteiger partial charge on any atom is 0.248 e. The number of rotatable bonds is 9. The molecular weight excluding hydrogens is 506 g/mol. The molecule has 3 aromatic rings. The number of aromatic nitrogens is 4. The summed E-state index contributed by atoms with van der Waals surface area (Å²) in [6.45, 7) is 6.93. The summed E-state index contributed by atoms with van der Waals surface area (Å²) in [7, 11) is 0. The number of aromatic amines is 1. The summed E-state index contributed by atoms with van der Waals surface area (Å²) in [6, 6.07) is 13.6. The molecular formula is C29H31N9O2. The molecule has 1 unspecified atom stereocenters. The number of carbonyl (C=O) groups is 2. The smallest absolute Gasteiger partial charge is 0.248 e. The summed E-state index contributed by atoms with van der Waals surface area (Å²) in [5.41, 5.74) is 15.8. The first-order chi connectivity index (χ1) is 19.2. The van der Waals surface area contributed by atoms with Crippen molar-refractivity contribution in [2.45, 2.75) is 56.1 Å². The lowest BCUT2D eigenvalue weighted by Crippen LogP contribution is -2.44. The summed E-state index contributed by atoms with van der Waals surface area (Å²) in [5, 5.41) is 28.6. The third kappa shape index (κ3) is 4.12.